The smallest absolute Gasteiger partial charge is 0.382 e. The van der Waals surface area contributed by atoms with E-state index in [0.29, 0.717) is 11.5 Å². The Balaban J connectivity index is 2.44. The van der Waals surface area contributed by atoms with E-state index in [2.05, 4.69) is 4.72 Å². The lowest BCUT2D eigenvalue weighted by Crippen LogP contribution is -2.32. The van der Waals surface area contributed by atoms with Crippen LogP contribution < -0.4 is 13.6 Å². The molecule has 0 amide bonds. The Morgan fingerprint density at radius 3 is 3.00 bits per heavy atom. The highest BCUT2D eigenvalue weighted by molar-refractivity contribution is 7.85. The molecule has 0 radical (unpaired) electrons. The first-order chi connectivity index (χ1) is 6.61. The van der Waals surface area contributed by atoms with Crippen molar-refractivity contribution in [3.05, 3.63) is 23.8 Å². The minimum atomic E-state index is -3.63. The summed E-state index contributed by atoms with van der Waals surface area (Å²) in [6, 6.07) is 5.06. The number of hydrogen-bond acceptors (Lipinski definition) is 4. The summed E-state index contributed by atoms with van der Waals surface area (Å²) in [4.78, 5) is 0. The molecule has 0 saturated heterocycles. The zero-order chi connectivity index (χ0) is 10.2. The van der Waals surface area contributed by atoms with Crippen molar-refractivity contribution in [3.63, 3.8) is 0 Å². The van der Waals surface area contributed by atoms with Crippen LogP contribution in [0.25, 0.3) is 0 Å². The summed E-state index contributed by atoms with van der Waals surface area (Å²) in [7, 11) is -2.12. The van der Waals surface area contributed by atoms with Gasteiger partial charge in [-0.25, -0.2) is 0 Å². The van der Waals surface area contributed by atoms with Crippen molar-refractivity contribution in [3.8, 4) is 11.5 Å². The average Bonchev–Trinajstić information content (AvgIpc) is 2.15. The largest absolute Gasteiger partial charge is 0.497 e. The Morgan fingerprint density at radius 2 is 2.29 bits per heavy atom. The van der Waals surface area contributed by atoms with Gasteiger partial charge in [0.05, 0.1) is 7.11 Å². The van der Waals surface area contributed by atoms with Gasteiger partial charge in [0.25, 0.3) is 0 Å². The topological polar surface area (TPSA) is 64.6 Å². The summed E-state index contributed by atoms with van der Waals surface area (Å²) in [5, 5.41) is 0. The Kier molecular flexibility index (Phi) is 2.09. The molecule has 0 saturated carbocycles. The predicted molar refractivity (Wildman–Crippen MR) is 49.4 cm³/mol. The van der Waals surface area contributed by atoms with Crippen LogP contribution in [0.2, 0.25) is 0 Å². The van der Waals surface area contributed by atoms with Crippen molar-refractivity contribution in [2.75, 3.05) is 7.11 Å². The van der Waals surface area contributed by atoms with Crippen LogP contribution in [0.4, 0.5) is 0 Å². The van der Waals surface area contributed by atoms with Crippen molar-refractivity contribution in [1.29, 1.82) is 0 Å². The standard InChI is InChI=1S/C8H9NO4S/c1-12-7-3-2-6-5-9-14(10,11)13-8(6)4-7/h2-4,9H,5H2,1H3. The monoisotopic (exact) mass is 215 g/mol. The number of fused-ring (bicyclic) bond motifs is 1. The number of benzene rings is 1. The van der Waals surface area contributed by atoms with Gasteiger partial charge >= 0.3 is 10.3 Å². The van der Waals surface area contributed by atoms with Gasteiger partial charge in [-0.15, -0.1) is 0 Å². The maximum Gasteiger partial charge on any atom is 0.382 e. The fraction of sp³-hybridized carbons (Fsp3) is 0.250. The summed E-state index contributed by atoms with van der Waals surface area (Å²) in [5.41, 5.74) is 0.792. The van der Waals surface area contributed by atoms with E-state index >= 15 is 0 Å². The summed E-state index contributed by atoms with van der Waals surface area (Å²) in [6.07, 6.45) is 0. The second-order valence-electron chi connectivity index (χ2n) is 2.83. The quantitative estimate of drug-likeness (QED) is 0.737. The molecule has 1 aliphatic heterocycles. The highest BCUT2D eigenvalue weighted by Crippen LogP contribution is 2.28. The SMILES string of the molecule is COc1ccc2c(c1)OS(=O)(=O)NC2. The molecule has 0 bridgehead atoms. The molecule has 1 aromatic rings. The highest BCUT2D eigenvalue weighted by atomic mass is 32.2. The molecular formula is C8H9NO4S. The number of methoxy groups -OCH3 is 1. The number of nitrogens with one attached hydrogen (secondary N) is 1. The third-order valence-electron chi connectivity index (χ3n) is 1.91. The summed E-state index contributed by atoms with van der Waals surface area (Å²) >= 11 is 0. The first kappa shape index (κ1) is 9.29. The molecular weight excluding hydrogens is 206 g/mol. The lowest BCUT2D eigenvalue weighted by atomic mass is 10.2. The van der Waals surface area contributed by atoms with Gasteiger partial charge in [0.15, 0.2) is 5.75 Å². The van der Waals surface area contributed by atoms with Gasteiger partial charge < -0.3 is 8.92 Å². The Bertz CT molecular complexity index is 454. The van der Waals surface area contributed by atoms with Crippen molar-refractivity contribution >= 4 is 10.3 Å². The van der Waals surface area contributed by atoms with Crippen LogP contribution in [0.5, 0.6) is 11.5 Å². The van der Waals surface area contributed by atoms with Crippen LogP contribution in [0.15, 0.2) is 18.2 Å². The minimum Gasteiger partial charge on any atom is -0.497 e. The van der Waals surface area contributed by atoms with E-state index in [9.17, 15) is 8.42 Å². The van der Waals surface area contributed by atoms with Crippen molar-refractivity contribution in [2.24, 2.45) is 0 Å². The van der Waals surface area contributed by atoms with Gasteiger partial charge in [-0.3, -0.25) is 0 Å². The van der Waals surface area contributed by atoms with E-state index in [4.69, 9.17) is 8.92 Å². The zero-order valence-corrected chi connectivity index (χ0v) is 8.30. The predicted octanol–water partition coefficient (Wildman–Crippen LogP) is 0.422. The number of ether oxygens (including phenoxy) is 1. The van der Waals surface area contributed by atoms with E-state index in [-0.39, 0.29) is 6.54 Å². The Labute approximate surface area is 81.9 Å². The average molecular weight is 215 g/mol. The molecule has 0 atom stereocenters. The first-order valence-corrected chi connectivity index (χ1v) is 5.37. The van der Waals surface area contributed by atoms with Crippen LogP contribution in [0, 0.1) is 0 Å². The van der Waals surface area contributed by atoms with Crippen molar-refractivity contribution in [1.82, 2.24) is 4.72 Å². The number of hydrogen-bond donors (Lipinski definition) is 1. The maximum atomic E-state index is 11.0. The third kappa shape index (κ3) is 1.66. The first-order valence-electron chi connectivity index (χ1n) is 3.97. The van der Waals surface area contributed by atoms with Crippen LogP contribution in [0.3, 0.4) is 0 Å². The Hall–Kier alpha value is -1.27. The van der Waals surface area contributed by atoms with Crippen LogP contribution in [-0.4, -0.2) is 15.5 Å². The molecule has 76 valence electrons. The second kappa shape index (κ2) is 3.14. The fourth-order valence-electron chi connectivity index (χ4n) is 1.20. The van der Waals surface area contributed by atoms with E-state index in [1.165, 1.54) is 7.11 Å². The fourth-order valence-corrected chi connectivity index (χ4v) is 1.98. The van der Waals surface area contributed by atoms with Gasteiger partial charge in [-0.1, -0.05) is 6.07 Å². The van der Waals surface area contributed by atoms with Crippen LogP contribution >= 0.6 is 0 Å². The van der Waals surface area contributed by atoms with Gasteiger partial charge in [0, 0.05) is 18.2 Å². The molecule has 1 aromatic carbocycles. The molecule has 1 heterocycles. The number of rotatable bonds is 1. The molecule has 5 nitrogen and oxygen atoms in total. The van der Waals surface area contributed by atoms with Crippen LogP contribution in [0.1, 0.15) is 5.56 Å². The molecule has 6 heteroatoms. The molecule has 0 spiro atoms. The zero-order valence-electron chi connectivity index (χ0n) is 7.48. The van der Waals surface area contributed by atoms with Crippen molar-refractivity contribution in [2.45, 2.75) is 6.54 Å². The van der Waals surface area contributed by atoms with Gasteiger partial charge in [-0.05, 0) is 6.07 Å². The molecule has 0 aromatic heterocycles. The second-order valence-corrected chi connectivity index (χ2v) is 4.20. The third-order valence-corrected chi connectivity index (χ3v) is 2.81. The van der Waals surface area contributed by atoms with Gasteiger partial charge in [0.1, 0.15) is 5.75 Å². The Morgan fingerprint density at radius 1 is 1.50 bits per heavy atom. The molecule has 1 aliphatic rings. The molecule has 0 aliphatic carbocycles. The van der Waals surface area contributed by atoms with E-state index in [1.807, 2.05) is 0 Å². The molecule has 1 N–H and O–H groups in total. The van der Waals surface area contributed by atoms with Gasteiger partial charge in [0.2, 0.25) is 0 Å². The lowest BCUT2D eigenvalue weighted by Gasteiger charge is -2.17. The normalized spacial score (nSPS) is 18.1. The van der Waals surface area contributed by atoms with E-state index < -0.39 is 10.3 Å². The lowest BCUT2D eigenvalue weighted by molar-refractivity contribution is 0.408. The minimum absolute atomic E-state index is 0.252. The highest BCUT2D eigenvalue weighted by Gasteiger charge is 2.21. The van der Waals surface area contributed by atoms with E-state index in [0.717, 1.165) is 5.56 Å². The van der Waals surface area contributed by atoms with E-state index in [1.54, 1.807) is 18.2 Å². The molecule has 0 fully saturated rings. The maximum absolute atomic E-state index is 11.0. The van der Waals surface area contributed by atoms with Crippen LogP contribution in [-0.2, 0) is 16.8 Å². The molecule has 0 unspecified atom stereocenters. The summed E-state index contributed by atoms with van der Waals surface area (Å²) in [6.45, 7) is 0.252. The van der Waals surface area contributed by atoms with Crippen molar-refractivity contribution < 1.29 is 17.3 Å². The summed E-state index contributed by atoms with van der Waals surface area (Å²) < 4.78 is 34.0. The molecule has 14 heavy (non-hydrogen) atoms. The summed E-state index contributed by atoms with van der Waals surface area (Å²) in [5.74, 6) is 0.893. The molecule has 2 rings (SSSR count). The van der Waals surface area contributed by atoms with Gasteiger partial charge in [-0.2, -0.15) is 13.1 Å².